The largest absolute Gasteiger partial charge is 0.497 e. The van der Waals surface area contributed by atoms with Crippen LogP contribution in [0, 0.1) is 0 Å². The lowest BCUT2D eigenvalue weighted by Crippen LogP contribution is -2.31. The molecule has 0 aliphatic heterocycles. The van der Waals surface area contributed by atoms with E-state index in [4.69, 9.17) is 14.5 Å². The number of nitrogens with zero attached hydrogens (tertiary/aromatic N) is 1. The van der Waals surface area contributed by atoms with Gasteiger partial charge in [0.25, 0.3) is 5.91 Å². The van der Waals surface area contributed by atoms with Crippen molar-refractivity contribution in [2.45, 2.75) is 38.1 Å². The first-order chi connectivity index (χ1) is 15.1. The number of carbonyl (C=O) groups is 2. The standard InChI is InChI=1S/C25H26N2O4/c1-3-31-24(28)15-23(17-7-6-8-18(13-17)30-2)27-25(29)20-14-22(16-11-12-16)26-21-10-5-4-9-19(20)21/h4-10,13-14,16,23H,3,11-12,15H2,1-2H3,(H,27,29). The lowest BCUT2D eigenvalue weighted by Gasteiger charge is -2.20. The normalized spacial score (nSPS) is 14.1. The maximum absolute atomic E-state index is 13.4. The van der Waals surface area contributed by atoms with Crippen LogP contribution >= 0.6 is 0 Å². The summed E-state index contributed by atoms with van der Waals surface area (Å²) in [5.41, 5.74) is 3.11. The molecule has 1 heterocycles. The molecule has 6 nitrogen and oxygen atoms in total. The van der Waals surface area contributed by atoms with Crippen LogP contribution in [0.15, 0.2) is 54.6 Å². The Kier molecular flexibility index (Phi) is 6.16. The minimum atomic E-state index is -0.544. The fourth-order valence-electron chi connectivity index (χ4n) is 3.71. The Balaban J connectivity index is 1.67. The van der Waals surface area contributed by atoms with Crippen molar-refractivity contribution >= 4 is 22.8 Å². The monoisotopic (exact) mass is 418 g/mol. The SMILES string of the molecule is CCOC(=O)CC(NC(=O)c1cc(C2CC2)nc2ccccc12)c1cccc(OC)c1. The van der Waals surface area contributed by atoms with Crippen molar-refractivity contribution in [2.24, 2.45) is 0 Å². The molecule has 160 valence electrons. The van der Waals surface area contributed by atoms with Crippen molar-refractivity contribution in [3.05, 3.63) is 71.4 Å². The van der Waals surface area contributed by atoms with E-state index in [9.17, 15) is 9.59 Å². The zero-order valence-electron chi connectivity index (χ0n) is 17.8. The summed E-state index contributed by atoms with van der Waals surface area (Å²) in [6.45, 7) is 2.05. The quantitative estimate of drug-likeness (QED) is 0.543. The summed E-state index contributed by atoms with van der Waals surface area (Å²) >= 11 is 0. The van der Waals surface area contributed by atoms with Crippen molar-refractivity contribution < 1.29 is 19.1 Å². The highest BCUT2D eigenvalue weighted by molar-refractivity contribution is 6.06. The van der Waals surface area contributed by atoms with Gasteiger partial charge in [-0.3, -0.25) is 14.6 Å². The number of hydrogen-bond donors (Lipinski definition) is 1. The molecule has 1 fully saturated rings. The van der Waals surface area contributed by atoms with Crippen LogP contribution in [0.1, 0.15) is 59.8 Å². The van der Waals surface area contributed by atoms with E-state index in [0.717, 1.165) is 35.0 Å². The van der Waals surface area contributed by atoms with Gasteiger partial charge >= 0.3 is 5.97 Å². The maximum atomic E-state index is 13.4. The smallest absolute Gasteiger partial charge is 0.308 e. The second kappa shape index (κ2) is 9.16. The summed E-state index contributed by atoms with van der Waals surface area (Å²) in [4.78, 5) is 30.4. The summed E-state index contributed by atoms with van der Waals surface area (Å²) in [6.07, 6.45) is 2.23. The molecule has 2 aromatic carbocycles. The predicted octanol–water partition coefficient (Wildman–Crippen LogP) is 4.55. The van der Waals surface area contributed by atoms with E-state index in [1.54, 1.807) is 14.0 Å². The number of pyridine rings is 1. The minimum absolute atomic E-state index is 0.0330. The van der Waals surface area contributed by atoms with Crippen LogP contribution in [-0.2, 0) is 9.53 Å². The minimum Gasteiger partial charge on any atom is -0.497 e. The van der Waals surface area contributed by atoms with E-state index in [-0.39, 0.29) is 24.9 Å². The molecule has 6 heteroatoms. The molecule has 1 N–H and O–H groups in total. The molecule has 31 heavy (non-hydrogen) atoms. The van der Waals surface area contributed by atoms with E-state index < -0.39 is 6.04 Å². The van der Waals surface area contributed by atoms with Gasteiger partial charge in [-0.25, -0.2) is 0 Å². The third-order valence-corrected chi connectivity index (χ3v) is 5.45. The Morgan fingerprint density at radius 2 is 1.94 bits per heavy atom. The van der Waals surface area contributed by atoms with E-state index >= 15 is 0 Å². The number of benzene rings is 2. The molecule has 1 atom stereocenters. The number of nitrogens with one attached hydrogen (secondary N) is 1. The van der Waals surface area contributed by atoms with Gasteiger partial charge in [0.05, 0.1) is 37.3 Å². The fourth-order valence-corrected chi connectivity index (χ4v) is 3.71. The first kappa shape index (κ1) is 20.8. The van der Waals surface area contributed by atoms with E-state index in [2.05, 4.69) is 5.32 Å². The molecule has 1 aliphatic rings. The van der Waals surface area contributed by atoms with Gasteiger partial charge in [-0.15, -0.1) is 0 Å². The number of para-hydroxylation sites is 1. The second-order valence-electron chi connectivity index (χ2n) is 7.70. The number of amides is 1. The Hall–Kier alpha value is -3.41. The maximum Gasteiger partial charge on any atom is 0.308 e. The zero-order chi connectivity index (χ0) is 21.8. The lowest BCUT2D eigenvalue weighted by molar-refractivity contribution is -0.143. The molecule has 1 saturated carbocycles. The molecule has 1 unspecified atom stereocenters. The fraction of sp³-hybridized carbons (Fsp3) is 0.320. The number of ether oxygens (including phenoxy) is 2. The third kappa shape index (κ3) is 4.85. The highest BCUT2D eigenvalue weighted by atomic mass is 16.5. The van der Waals surface area contributed by atoms with Crippen LogP contribution in [0.4, 0.5) is 0 Å². The summed E-state index contributed by atoms with van der Waals surface area (Å²) in [5, 5.41) is 3.84. The summed E-state index contributed by atoms with van der Waals surface area (Å²) in [5.74, 6) is 0.474. The van der Waals surface area contributed by atoms with Gasteiger partial charge in [0.15, 0.2) is 0 Å². The first-order valence-corrected chi connectivity index (χ1v) is 10.6. The van der Waals surface area contributed by atoms with E-state index in [1.807, 2.05) is 54.6 Å². The Morgan fingerprint density at radius 3 is 2.68 bits per heavy atom. The van der Waals surface area contributed by atoms with Crippen LogP contribution in [-0.4, -0.2) is 30.6 Å². The second-order valence-corrected chi connectivity index (χ2v) is 7.70. The molecule has 4 rings (SSSR count). The van der Waals surface area contributed by atoms with Crippen LogP contribution in [0.25, 0.3) is 10.9 Å². The van der Waals surface area contributed by atoms with Crippen LogP contribution in [0.2, 0.25) is 0 Å². The summed E-state index contributed by atoms with van der Waals surface area (Å²) < 4.78 is 10.5. The molecule has 0 spiro atoms. The molecular formula is C25H26N2O4. The average molecular weight is 418 g/mol. The summed E-state index contributed by atoms with van der Waals surface area (Å²) in [6, 6.07) is 16.4. The van der Waals surface area contributed by atoms with Crippen molar-refractivity contribution in [1.29, 1.82) is 0 Å². The number of rotatable bonds is 8. The molecule has 3 aromatic rings. The number of aromatic nitrogens is 1. The Morgan fingerprint density at radius 1 is 1.13 bits per heavy atom. The number of methoxy groups -OCH3 is 1. The van der Waals surface area contributed by atoms with Crippen molar-refractivity contribution in [3.63, 3.8) is 0 Å². The van der Waals surface area contributed by atoms with Crippen LogP contribution in [0.3, 0.4) is 0 Å². The molecule has 0 saturated heterocycles. The number of fused-ring (bicyclic) bond motifs is 1. The highest BCUT2D eigenvalue weighted by Crippen LogP contribution is 2.40. The highest BCUT2D eigenvalue weighted by Gasteiger charge is 2.28. The first-order valence-electron chi connectivity index (χ1n) is 10.6. The van der Waals surface area contributed by atoms with Crippen molar-refractivity contribution in [3.8, 4) is 5.75 Å². The van der Waals surface area contributed by atoms with Gasteiger partial charge in [-0.1, -0.05) is 30.3 Å². The lowest BCUT2D eigenvalue weighted by atomic mass is 10.0. The van der Waals surface area contributed by atoms with Gasteiger partial charge in [0, 0.05) is 17.0 Å². The zero-order valence-corrected chi connectivity index (χ0v) is 17.8. The Labute approximate surface area is 181 Å². The number of esters is 1. The predicted molar refractivity (Wildman–Crippen MR) is 118 cm³/mol. The third-order valence-electron chi connectivity index (χ3n) is 5.45. The van der Waals surface area contributed by atoms with Gasteiger partial charge in [0.1, 0.15) is 5.75 Å². The molecular weight excluding hydrogens is 392 g/mol. The van der Waals surface area contributed by atoms with Crippen molar-refractivity contribution in [1.82, 2.24) is 10.3 Å². The summed E-state index contributed by atoms with van der Waals surface area (Å²) in [7, 11) is 1.58. The topological polar surface area (TPSA) is 77.5 Å². The van der Waals surface area contributed by atoms with Gasteiger partial charge in [0.2, 0.25) is 0 Å². The van der Waals surface area contributed by atoms with Crippen LogP contribution in [0.5, 0.6) is 5.75 Å². The van der Waals surface area contributed by atoms with E-state index in [0.29, 0.717) is 17.2 Å². The van der Waals surface area contributed by atoms with E-state index in [1.165, 1.54) is 0 Å². The number of hydrogen-bond acceptors (Lipinski definition) is 5. The molecule has 1 aliphatic carbocycles. The van der Waals surface area contributed by atoms with Gasteiger partial charge in [-0.2, -0.15) is 0 Å². The average Bonchev–Trinajstić information content (AvgIpc) is 3.63. The Bertz CT molecular complexity index is 1110. The molecule has 0 bridgehead atoms. The number of carbonyl (C=O) groups excluding carboxylic acids is 2. The van der Waals surface area contributed by atoms with Gasteiger partial charge in [-0.05, 0) is 49.6 Å². The van der Waals surface area contributed by atoms with Gasteiger partial charge < -0.3 is 14.8 Å². The molecule has 1 aromatic heterocycles. The molecule has 0 radical (unpaired) electrons. The van der Waals surface area contributed by atoms with Crippen molar-refractivity contribution in [2.75, 3.05) is 13.7 Å². The molecule has 1 amide bonds. The van der Waals surface area contributed by atoms with Crippen LogP contribution < -0.4 is 10.1 Å².